The minimum atomic E-state index is -1.35. The molecule has 3 heterocycles. The summed E-state index contributed by atoms with van der Waals surface area (Å²) < 4.78 is 1.46. The number of aliphatic hydroxyl groups is 1. The average molecular weight is 553 g/mol. The van der Waals surface area contributed by atoms with Gasteiger partial charge in [-0.1, -0.05) is 6.07 Å². The standard InChI is InChI=1S/C28H40N8O4/c1-19-13-22(4-3-20(19)5-7-33-15-21-14-28(21,16-29)17-33)36-8-6-23(32-26(36)40)31-25(39)35-11-9-34(10-12-35)24(38)27(2,30)18-37/h3-4,6,8,13,21,37H,5,7,9-12,14-18,29-30H2,1-2H3,(H,31,32,39,40). The summed E-state index contributed by atoms with van der Waals surface area (Å²) >= 11 is 0. The van der Waals surface area contributed by atoms with E-state index < -0.39 is 23.9 Å². The van der Waals surface area contributed by atoms with Gasteiger partial charge in [-0.3, -0.25) is 14.7 Å². The number of aromatic nitrogens is 2. The molecule has 1 aliphatic carbocycles. The molecule has 2 aromatic rings. The lowest BCUT2D eigenvalue weighted by molar-refractivity contribution is -0.139. The number of benzene rings is 1. The number of rotatable bonds is 8. The van der Waals surface area contributed by atoms with Crippen molar-refractivity contribution in [2.45, 2.75) is 32.2 Å². The molecule has 1 aromatic carbocycles. The molecular weight excluding hydrogens is 512 g/mol. The number of likely N-dealkylation sites (tertiary alicyclic amines) is 1. The van der Waals surface area contributed by atoms with E-state index in [4.69, 9.17) is 11.5 Å². The number of amides is 3. The lowest BCUT2D eigenvalue weighted by atomic mass is 10.0. The molecule has 1 aromatic heterocycles. The maximum atomic E-state index is 12.8. The molecule has 3 fully saturated rings. The molecule has 6 N–H and O–H groups in total. The number of fused-ring (bicyclic) bond motifs is 1. The Morgan fingerprint density at radius 3 is 2.55 bits per heavy atom. The number of hydrogen-bond donors (Lipinski definition) is 4. The van der Waals surface area contributed by atoms with E-state index >= 15 is 0 Å². The third-order valence-corrected chi connectivity index (χ3v) is 8.79. The van der Waals surface area contributed by atoms with Crippen molar-refractivity contribution in [1.82, 2.24) is 24.3 Å². The van der Waals surface area contributed by atoms with Crippen LogP contribution in [-0.2, 0) is 11.2 Å². The monoisotopic (exact) mass is 552 g/mol. The minimum absolute atomic E-state index is 0.159. The normalized spacial score (nSPS) is 24.0. The van der Waals surface area contributed by atoms with Gasteiger partial charge in [0.25, 0.3) is 0 Å². The Hall–Kier alpha value is -3.32. The fraction of sp³-hybridized carbons (Fsp3) is 0.571. The van der Waals surface area contributed by atoms with E-state index in [1.54, 1.807) is 17.2 Å². The molecule has 3 unspecified atom stereocenters. The van der Waals surface area contributed by atoms with Crippen LogP contribution < -0.4 is 22.5 Å². The lowest BCUT2D eigenvalue weighted by Gasteiger charge is -2.37. The highest BCUT2D eigenvalue weighted by Crippen LogP contribution is 2.56. The summed E-state index contributed by atoms with van der Waals surface area (Å²) in [5.41, 5.74) is 13.5. The Labute approximate surface area is 233 Å². The van der Waals surface area contributed by atoms with Crippen LogP contribution >= 0.6 is 0 Å². The molecule has 1 saturated carbocycles. The number of anilines is 1. The summed E-state index contributed by atoms with van der Waals surface area (Å²) in [6.45, 7) is 8.32. The molecule has 0 radical (unpaired) electrons. The third-order valence-electron chi connectivity index (χ3n) is 8.79. The van der Waals surface area contributed by atoms with Crippen LogP contribution in [0, 0.1) is 18.3 Å². The fourth-order valence-electron chi connectivity index (χ4n) is 5.98. The van der Waals surface area contributed by atoms with Crippen LogP contribution in [0.3, 0.4) is 0 Å². The zero-order valence-electron chi connectivity index (χ0n) is 23.3. The predicted octanol–water partition coefficient (Wildman–Crippen LogP) is -0.250. The molecule has 12 nitrogen and oxygen atoms in total. The van der Waals surface area contributed by atoms with Crippen LogP contribution in [0.25, 0.3) is 5.69 Å². The molecule has 0 bridgehead atoms. The molecule has 2 aliphatic heterocycles. The van der Waals surface area contributed by atoms with Crippen molar-refractivity contribution >= 4 is 17.8 Å². The molecule has 0 spiro atoms. The zero-order valence-corrected chi connectivity index (χ0v) is 23.3. The SMILES string of the molecule is Cc1cc(-n2ccc(NC(=O)N3CCN(C(=O)C(C)(N)CO)CC3)nc2=O)ccc1CCN1CC2CC2(CN)C1. The number of nitrogens with zero attached hydrogens (tertiary/aromatic N) is 5. The summed E-state index contributed by atoms with van der Waals surface area (Å²) in [5.74, 6) is 0.577. The number of piperidine rings is 1. The zero-order chi connectivity index (χ0) is 28.7. The van der Waals surface area contributed by atoms with Crippen molar-refractivity contribution in [3.05, 3.63) is 52.1 Å². The Balaban J connectivity index is 1.15. The summed E-state index contributed by atoms with van der Waals surface area (Å²) in [4.78, 5) is 47.7. The Morgan fingerprint density at radius 2 is 1.93 bits per heavy atom. The van der Waals surface area contributed by atoms with Gasteiger partial charge >= 0.3 is 11.7 Å². The predicted molar refractivity (Wildman–Crippen MR) is 151 cm³/mol. The molecule has 3 atom stereocenters. The fourth-order valence-corrected chi connectivity index (χ4v) is 5.98. The van der Waals surface area contributed by atoms with Crippen molar-refractivity contribution in [3.63, 3.8) is 0 Å². The number of urea groups is 1. The van der Waals surface area contributed by atoms with E-state index in [1.807, 2.05) is 12.1 Å². The van der Waals surface area contributed by atoms with Crippen molar-refractivity contribution in [2.75, 3.05) is 64.3 Å². The smallest absolute Gasteiger partial charge is 0.354 e. The first kappa shape index (κ1) is 28.2. The molecule has 3 amide bonds. The first-order chi connectivity index (χ1) is 19.0. The second kappa shape index (κ2) is 10.9. The molecule has 3 aliphatic rings. The van der Waals surface area contributed by atoms with Crippen LogP contribution in [0.15, 0.2) is 35.3 Å². The Morgan fingerprint density at radius 1 is 1.20 bits per heavy atom. The van der Waals surface area contributed by atoms with Gasteiger partial charge in [0.2, 0.25) is 5.91 Å². The van der Waals surface area contributed by atoms with E-state index in [1.165, 1.54) is 28.4 Å². The summed E-state index contributed by atoms with van der Waals surface area (Å²) in [6.07, 6.45) is 3.84. The van der Waals surface area contributed by atoms with Crippen molar-refractivity contribution in [2.24, 2.45) is 22.8 Å². The van der Waals surface area contributed by atoms with E-state index in [0.29, 0.717) is 31.6 Å². The van der Waals surface area contributed by atoms with Crippen molar-refractivity contribution in [3.8, 4) is 5.69 Å². The number of aryl methyl sites for hydroxylation is 1. The van der Waals surface area contributed by atoms with Crippen LogP contribution in [0.4, 0.5) is 10.6 Å². The van der Waals surface area contributed by atoms with Gasteiger partial charge in [-0.25, -0.2) is 9.59 Å². The van der Waals surface area contributed by atoms with E-state index in [0.717, 1.165) is 49.8 Å². The number of piperazine rings is 1. The molecule has 12 heteroatoms. The number of hydrogen-bond acceptors (Lipinski definition) is 8. The maximum absolute atomic E-state index is 12.8. The number of nitrogens with one attached hydrogen (secondary N) is 1. The number of nitrogens with two attached hydrogens (primary N) is 2. The minimum Gasteiger partial charge on any atom is -0.394 e. The van der Waals surface area contributed by atoms with Gasteiger partial charge in [-0.15, -0.1) is 0 Å². The number of carbonyl (C=O) groups is 2. The summed E-state index contributed by atoms with van der Waals surface area (Å²) in [7, 11) is 0. The van der Waals surface area contributed by atoms with Gasteiger partial charge in [0.15, 0.2) is 0 Å². The molecule has 216 valence electrons. The van der Waals surface area contributed by atoms with Gasteiger partial charge in [0.05, 0.1) is 12.3 Å². The molecule has 40 heavy (non-hydrogen) atoms. The van der Waals surface area contributed by atoms with Gasteiger partial charge < -0.3 is 31.3 Å². The average Bonchev–Trinajstić information content (AvgIpc) is 3.51. The summed E-state index contributed by atoms with van der Waals surface area (Å²) in [6, 6.07) is 7.18. The van der Waals surface area contributed by atoms with E-state index in [-0.39, 0.29) is 11.7 Å². The maximum Gasteiger partial charge on any atom is 0.354 e. The van der Waals surface area contributed by atoms with Crippen LogP contribution in [0.1, 0.15) is 24.5 Å². The van der Waals surface area contributed by atoms with Gasteiger partial charge in [-0.2, -0.15) is 4.98 Å². The van der Waals surface area contributed by atoms with E-state index in [2.05, 4.69) is 28.2 Å². The van der Waals surface area contributed by atoms with Gasteiger partial charge in [0.1, 0.15) is 11.4 Å². The largest absolute Gasteiger partial charge is 0.394 e. The second-order valence-corrected chi connectivity index (χ2v) is 11.8. The van der Waals surface area contributed by atoms with Crippen LogP contribution in [0.2, 0.25) is 0 Å². The Kier molecular flexibility index (Phi) is 7.71. The lowest BCUT2D eigenvalue weighted by Crippen LogP contribution is -2.60. The molecule has 2 saturated heterocycles. The van der Waals surface area contributed by atoms with Crippen LogP contribution in [-0.4, -0.2) is 106 Å². The Bertz CT molecular complexity index is 1330. The van der Waals surface area contributed by atoms with Gasteiger partial charge in [0, 0.05) is 52.0 Å². The summed E-state index contributed by atoms with van der Waals surface area (Å²) in [5, 5.41) is 12.0. The van der Waals surface area contributed by atoms with Gasteiger partial charge in [-0.05, 0) is 73.9 Å². The van der Waals surface area contributed by atoms with Crippen LogP contribution in [0.5, 0.6) is 0 Å². The first-order valence-electron chi connectivity index (χ1n) is 13.9. The highest BCUT2D eigenvalue weighted by atomic mass is 16.3. The highest BCUT2D eigenvalue weighted by Gasteiger charge is 2.58. The molecular formula is C28H40N8O4. The van der Waals surface area contributed by atoms with Crippen molar-refractivity contribution < 1.29 is 14.7 Å². The van der Waals surface area contributed by atoms with Crippen molar-refractivity contribution in [1.29, 1.82) is 0 Å². The quantitative estimate of drug-likeness (QED) is 0.348. The number of carbonyl (C=O) groups excluding carboxylic acids is 2. The third kappa shape index (κ3) is 5.62. The molecule has 5 rings (SSSR count). The first-order valence-corrected chi connectivity index (χ1v) is 13.9. The number of aliphatic hydroxyl groups excluding tert-OH is 1. The van der Waals surface area contributed by atoms with E-state index in [9.17, 15) is 19.5 Å². The second-order valence-electron chi connectivity index (χ2n) is 11.8. The topological polar surface area (TPSA) is 163 Å². The highest BCUT2D eigenvalue weighted by molar-refractivity contribution is 5.89.